The van der Waals surface area contributed by atoms with E-state index in [0.29, 0.717) is 30.8 Å². The van der Waals surface area contributed by atoms with Crippen LogP contribution in [0.1, 0.15) is 59.8 Å². The van der Waals surface area contributed by atoms with Gasteiger partial charge < -0.3 is 14.9 Å². The van der Waals surface area contributed by atoms with Crippen LogP contribution in [-0.4, -0.2) is 33.3 Å². The predicted molar refractivity (Wildman–Crippen MR) is 96.8 cm³/mol. The number of ketones is 1. The summed E-state index contributed by atoms with van der Waals surface area (Å²) in [6.45, 7) is 7.86. The largest absolute Gasteiger partial charge is 0.491 e. The Morgan fingerprint density at radius 2 is 2.20 bits per heavy atom. The average Bonchev–Trinajstić information content (AvgIpc) is 2.84. The molecule has 2 aliphatic carbocycles. The highest BCUT2D eigenvalue weighted by atomic mass is 16.5. The molecule has 0 aromatic carbocycles. The topological polar surface area (TPSA) is 66.8 Å². The lowest BCUT2D eigenvalue weighted by molar-refractivity contribution is -0.127. The molecule has 0 spiro atoms. The summed E-state index contributed by atoms with van der Waals surface area (Å²) in [5, 5.41) is 19.7. The zero-order valence-corrected chi connectivity index (χ0v) is 15.7. The van der Waals surface area contributed by atoms with Crippen molar-refractivity contribution >= 4 is 5.78 Å². The van der Waals surface area contributed by atoms with E-state index in [0.717, 1.165) is 18.6 Å². The molecule has 25 heavy (non-hydrogen) atoms. The Morgan fingerprint density at radius 1 is 1.48 bits per heavy atom. The first-order chi connectivity index (χ1) is 11.6. The standard InChI is InChI=1S/C21H30O4/c1-13(6-5-10-20(2,3)24)14-9-11-21(4)16(14)12-15-18(25-21)8-7-17(22)19(15)23/h5,9-10,13,16-17,22,24H,6-8,11-12H2,1-4H3/b10-5+/t13-,16+,17+,21-/m0/s1. The second-order valence-corrected chi connectivity index (χ2v) is 8.59. The van der Waals surface area contributed by atoms with Gasteiger partial charge in [-0.15, -0.1) is 0 Å². The average molecular weight is 346 g/mol. The van der Waals surface area contributed by atoms with Gasteiger partial charge in [-0.2, -0.15) is 0 Å². The molecule has 0 saturated carbocycles. The first-order valence-electron chi connectivity index (χ1n) is 9.34. The van der Waals surface area contributed by atoms with E-state index in [1.54, 1.807) is 13.8 Å². The van der Waals surface area contributed by atoms with Crippen molar-refractivity contribution in [1.82, 2.24) is 0 Å². The Labute approximate surface area is 150 Å². The third-order valence-electron chi connectivity index (χ3n) is 5.81. The van der Waals surface area contributed by atoms with Gasteiger partial charge in [0.15, 0.2) is 5.78 Å². The SMILES string of the molecule is C[C@@H](C/C=C/C(C)(C)O)C1=CC[C@]2(C)OC3=C(C[C@H]12)C(=O)[C@H](O)CC3. The second-order valence-electron chi connectivity index (χ2n) is 8.59. The monoisotopic (exact) mass is 346 g/mol. The van der Waals surface area contributed by atoms with Crippen LogP contribution in [-0.2, 0) is 9.53 Å². The number of rotatable bonds is 4. The molecular formula is C21H30O4. The lowest BCUT2D eigenvalue weighted by atomic mass is 9.74. The Bertz CT molecular complexity index is 649. The molecule has 0 aromatic heterocycles. The van der Waals surface area contributed by atoms with Crippen LogP contribution in [0.4, 0.5) is 0 Å². The fraction of sp³-hybridized carbons (Fsp3) is 0.667. The number of allylic oxidation sites excluding steroid dienone is 2. The van der Waals surface area contributed by atoms with E-state index in [9.17, 15) is 15.0 Å². The molecule has 1 heterocycles. The molecule has 0 aromatic rings. The number of carbonyl (C=O) groups excluding carboxylic acids is 1. The fourth-order valence-corrected chi connectivity index (χ4v) is 4.35. The molecule has 4 nitrogen and oxygen atoms in total. The Hall–Kier alpha value is -1.39. The molecule has 4 heteroatoms. The van der Waals surface area contributed by atoms with Gasteiger partial charge in [0.05, 0.1) is 5.60 Å². The molecule has 138 valence electrons. The van der Waals surface area contributed by atoms with E-state index < -0.39 is 11.7 Å². The molecule has 2 N–H and O–H groups in total. The second kappa shape index (κ2) is 6.40. The molecule has 0 fully saturated rings. The van der Waals surface area contributed by atoms with Gasteiger partial charge in [-0.3, -0.25) is 4.79 Å². The van der Waals surface area contributed by atoms with E-state index in [4.69, 9.17) is 4.74 Å². The number of aliphatic hydroxyl groups excluding tert-OH is 1. The zero-order valence-electron chi connectivity index (χ0n) is 15.7. The Morgan fingerprint density at radius 3 is 2.88 bits per heavy atom. The molecule has 0 saturated heterocycles. The maximum atomic E-state index is 12.4. The maximum Gasteiger partial charge on any atom is 0.190 e. The number of hydrogen-bond acceptors (Lipinski definition) is 4. The van der Waals surface area contributed by atoms with Crippen LogP contribution in [0.15, 0.2) is 35.1 Å². The number of aliphatic hydroxyl groups is 2. The molecule has 4 atom stereocenters. The quantitative estimate of drug-likeness (QED) is 0.765. The van der Waals surface area contributed by atoms with E-state index in [-0.39, 0.29) is 17.3 Å². The van der Waals surface area contributed by atoms with Crippen LogP contribution in [0.5, 0.6) is 0 Å². The van der Waals surface area contributed by atoms with Crippen LogP contribution in [0.2, 0.25) is 0 Å². The minimum Gasteiger partial charge on any atom is -0.491 e. The normalized spacial score (nSPS) is 33.8. The van der Waals surface area contributed by atoms with E-state index in [2.05, 4.69) is 19.9 Å². The van der Waals surface area contributed by atoms with Crippen LogP contribution in [0, 0.1) is 11.8 Å². The first kappa shape index (κ1) is 18.4. The van der Waals surface area contributed by atoms with Gasteiger partial charge in [-0.1, -0.05) is 30.7 Å². The van der Waals surface area contributed by atoms with Crippen molar-refractivity contribution < 1.29 is 19.7 Å². The van der Waals surface area contributed by atoms with Crippen LogP contribution >= 0.6 is 0 Å². The summed E-state index contributed by atoms with van der Waals surface area (Å²) < 4.78 is 6.30. The molecule has 0 amide bonds. The van der Waals surface area contributed by atoms with Crippen LogP contribution in [0.3, 0.4) is 0 Å². The summed E-state index contributed by atoms with van der Waals surface area (Å²) in [5.41, 5.74) is 0.970. The summed E-state index contributed by atoms with van der Waals surface area (Å²) >= 11 is 0. The predicted octanol–water partition coefficient (Wildman–Crippen LogP) is 3.44. The molecular weight excluding hydrogens is 316 g/mol. The van der Waals surface area contributed by atoms with Crippen molar-refractivity contribution in [2.24, 2.45) is 11.8 Å². The zero-order chi connectivity index (χ0) is 18.4. The maximum absolute atomic E-state index is 12.4. The highest BCUT2D eigenvalue weighted by molar-refractivity contribution is 6.00. The van der Waals surface area contributed by atoms with Crippen molar-refractivity contribution in [3.63, 3.8) is 0 Å². The highest BCUT2D eigenvalue weighted by Gasteiger charge is 2.49. The van der Waals surface area contributed by atoms with Gasteiger partial charge in [-0.25, -0.2) is 0 Å². The summed E-state index contributed by atoms with van der Waals surface area (Å²) in [4.78, 5) is 12.4. The summed E-state index contributed by atoms with van der Waals surface area (Å²) in [5.74, 6) is 1.17. The molecule has 0 unspecified atom stereocenters. The summed E-state index contributed by atoms with van der Waals surface area (Å²) in [6, 6.07) is 0. The number of carbonyl (C=O) groups is 1. The smallest absolute Gasteiger partial charge is 0.190 e. The van der Waals surface area contributed by atoms with Gasteiger partial charge in [0.25, 0.3) is 0 Å². The van der Waals surface area contributed by atoms with Crippen LogP contribution < -0.4 is 0 Å². The van der Waals surface area contributed by atoms with Gasteiger partial charge >= 0.3 is 0 Å². The molecule has 1 aliphatic heterocycles. The molecule has 3 rings (SSSR count). The minimum atomic E-state index is -0.868. The van der Waals surface area contributed by atoms with Gasteiger partial charge in [0.2, 0.25) is 0 Å². The number of Topliss-reactive ketones (excluding diaryl/α,β-unsaturated/α-hetero) is 1. The third-order valence-corrected chi connectivity index (χ3v) is 5.81. The molecule has 0 radical (unpaired) electrons. The van der Waals surface area contributed by atoms with Crippen molar-refractivity contribution in [2.75, 3.05) is 0 Å². The van der Waals surface area contributed by atoms with E-state index >= 15 is 0 Å². The Balaban J connectivity index is 1.76. The first-order valence-corrected chi connectivity index (χ1v) is 9.34. The van der Waals surface area contributed by atoms with Crippen molar-refractivity contribution in [2.45, 2.75) is 77.1 Å². The lowest BCUT2D eigenvalue weighted by Crippen LogP contribution is -2.43. The Kier molecular flexibility index (Phi) is 4.71. The summed E-state index contributed by atoms with van der Waals surface area (Å²) in [7, 11) is 0. The van der Waals surface area contributed by atoms with Crippen LogP contribution in [0.25, 0.3) is 0 Å². The third kappa shape index (κ3) is 3.61. The number of fused-ring (bicyclic) bond motifs is 1. The minimum absolute atomic E-state index is 0.149. The molecule has 3 aliphatic rings. The van der Waals surface area contributed by atoms with E-state index in [1.165, 1.54) is 5.57 Å². The van der Waals surface area contributed by atoms with E-state index in [1.807, 2.05) is 12.2 Å². The fourth-order valence-electron chi connectivity index (χ4n) is 4.35. The highest BCUT2D eigenvalue weighted by Crippen LogP contribution is 2.51. The summed E-state index contributed by atoms with van der Waals surface area (Å²) in [6.07, 6.45) is 8.78. The molecule has 0 bridgehead atoms. The lowest BCUT2D eigenvalue weighted by Gasteiger charge is -2.43. The van der Waals surface area contributed by atoms with Gasteiger partial charge in [0, 0.05) is 24.3 Å². The van der Waals surface area contributed by atoms with Crippen molar-refractivity contribution in [1.29, 1.82) is 0 Å². The number of hydrogen-bond donors (Lipinski definition) is 2. The van der Waals surface area contributed by atoms with Gasteiger partial charge in [-0.05, 0) is 46.0 Å². The van der Waals surface area contributed by atoms with Gasteiger partial charge in [0.1, 0.15) is 17.5 Å². The number of ether oxygens (including phenoxy) is 1. The van der Waals surface area contributed by atoms with Crippen molar-refractivity contribution in [3.05, 3.63) is 35.1 Å². The van der Waals surface area contributed by atoms with Crippen molar-refractivity contribution in [3.8, 4) is 0 Å².